The van der Waals surface area contributed by atoms with Crippen LogP contribution < -0.4 is 5.73 Å². The minimum atomic E-state index is -0.353. The van der Waals surface area contributed by atoms with Gasteiger partial charge in [-0.3, -0.25) is 0 Å². The van der Waals surface area contributed by atoms with Crippen LogP contribution in [0.3, 0.4) is 0 Å². The highest BCUT2D eigenvalue weighted by molar-refractivity contribution is 5.71. The first kappa shape index (κ1) is 11.5. The van der Waals surface area contributed by atoms with Gasteiger partial charge in [-0.05, 0) is 34.5 Å². The average Bonchev–Trinajstić information content (AvgIpc) is 2.69. The molecule has 2 N–H and O–H groups in total. The van der Waals surface area contributed by atoms with Gasteiger partial charge in [-0.15, -0.1) is 5.10 Å². The minimum Gasteiger partial charge on any atom is -0.398 e. The van der Waals surface area contributed by atoms with Gasteiger partial charge < -0.3 is 5.73 Å². The number of rotatable bonds is 3. The molecular formula is C11H14FN5. The van der Waals surface area contributed by atoms with Crippen LogP contribution in [0, 0.1) is 11.7 Å². The molecule has 17 heavy (non-hydrogen) atoms. The summed E-state index contributed by atoms with van der Waals surface area (Å²) in [6.45, 7) is 4.78. The Hall–Kier alpha value is -1.98. The van der Waals surface area contributed by atoms with E-state index in [9.17, 15) is 4.39 Å². The molecule has 1 heterocycles. The van der Waals surface area contributed by atoms with Gasteiger partial charge in [0, 0.05) is 17.8 Å². The SMILES string of the molecule is CC(C)Cn1nnnc1-c1cc(F)ccc1N. The number of benzene rings is 1. The molecule has 1 aromatic carbocycles. The Balaban J connectivity index is 2.45. The zero-order valence-corrected chi connectivity index (χ0v) is 9.76. The van der Waals surface area contributed by atoms with Crippen molar-refractivity contribution in [2.75, 3.05) is 5.73 Å². The van der Waals surface area contributed by atoms with Crippen LogP contribution in [0.15, 0.2) is 18.2 Å². The van der Waals surface area contributed by atoms with Crippen LogP contribution in [0.1, 0.15) is 13.8 Å². The number of hydrogen-bond donors (Lipinski definition) is 1. The molecule has 2 rings (SSSR count). The summed E-state index contributed by atoms with van der Waals surface area (Å²) in [7, 11) is 0. The number of nitrogens with two attached hydrogens (primary N) is 1. The lowest BCUT2D eigenvalue weighted by atomic mass is 10.1. The number of tetrazole rings is 1. The number of nitrogens with zero attached hydrogens (tertiary/aromatic N) is 4. The van der Waals surface area contributed by atoms with Crippen LogP contribution >= 0.6 is 0 Å². The average molecular weight is 235 g/mol. The Morgan fingerprint density at radius 3 is 2.88 bits per heavy atom. The van der Waals surface area contributed by atoms with E-state index in [4.69, 9.17) is 5.73 Å². The predicted molar refractivity (Wildman–Crippen MR) is 62.5 cm³/mol. The summed E-state index contributed by atoms with van der Waals surface area (Å²) in [6, 6.07) is 4.17. The summed E-state index contributed by atoms with van der Waals surface area (Å²) in [5.74, 6) is 0.538. The van der Waals surface area contributed by atoms with Crippen molar-refractivity contribution in [2.24, 2.45) is 5.92 Å². The van der Waals surface area contributed by atoms with Gasteiger partial charge >= 0.3 is 0 Å². The lowest BCUT2D eigenvalue weighted by Gasteiger charge is -2.08. The molecule has 5 nitrogen and oxygen atoms in total. The van der Waals surface area contributed by atoms with E-state index in [-0.39, 0.29) is 5.82 Å². The summed E-state index contributed by atoms with van der Waals surface area (Å²) in [5, 5.41) is 11.4. The highest BCUT2D eigenvalue weighted by Crippen LogP contribution is 2.24. The highest BCUT2D eigenvalue weighted by Gasteiger charge is 2.13. The predicted octanol–water partition coefficient (Wildman–Crippen LogP) is 1.72. The van der Waals surface area contributed by atoms with Gasteiger partial charge in [0.25, 0.3) is 0 Å². The van der Waals surface area contributed by atoms with Gasteiger partial charge in [-0.2, -0.15) is 0 Å². The second-order valence-corrected chi connectivity index (χ2v) is 4.31. The summed E-state index contributed by atoms with van der Waals surface area (Å²) in [5.41, 5.74) is 6.79. The van der Waals surface area contributed by atoms with Crippen molar-refractivity contribution in [3.63, 3.8) is 0 Å². The molecule has 0 spiro atoms. The Kier molecular flexibility index (Phi) is 3.03. The zero-order valence-electron chi connectivity index (χ0n) is 9.76. The first-order chi connectivity index (χ1) is 8.08. The van der Waals surface area contributed by atoms with Crippen molar-refractivity contribution in [1.29, 1.82) is 0 Å². The third-order valence-corrected chi connectivity index (χ3v) is 2.33. The molecule has 0 saturated heterocycles. The number of hydrogen-bond acceptors (Lipinski definition) is 4. The number of halogens is 1. The van der Waals surface area contributed by atoms with E-state index in [1.807, 2.05) is 0 Å². The fourth-order valence-corrected chi connectivity index (χ4v) is 1.59. The fourth-order valence-electron chi connectivity index (χ4n) is 1.59. The summed E-state index contributed by atoms with van der Waals surface area (Å²) in [4.78, 5) is 0. The highest BCUT2D eigenvalue weighted by atomic mass is 19.1. The van der Waals surface area contributed by atoms with E-state index in [1.54, 1.807) is 4.68 Å². The quantitative estimate of drug-likeness (QED) is 0.822. The maximum atomic E-state index is 13.2. The normalized spacial score (nSPS) is 11.1. The molecule has 2 aromatic rings. The summed E-state index contributed by atoms with van der Waals surface area (Å²) < 4.78 is 14.8. The van der Waals surface area contributed by atoms with Crippen LogP contribution in [0.2, 0.25) is 0 Å². The number of aromatic nitrogens is 4. The molecule has 0 unspecified atom stereocenters. The van der Waals surface area contributed by atoms with E-state index in [0.29, 0.717) is 29.5 Å². The molecule has 1 aromatic heterocycles. The van der Waals surface area contributed by atoms with Gasteiger partial charge in [-0.1, -0.05) is 13.8 Å². The summed E-state index contributed by atoms with van der Waals surface area (Å²) >= 11 is 0. The second kappa shape index (κ2) is 4.48. The van der Waals surface area contributed by atoms with Crippen molar-refractivity contribution in [2.45, 2.75) is 20.4 Å². The molecule has 0 radical (unpaired) electrons. The van der Waals surface area contributed by atoms with E-state index in [0.717, 1.165) is 0 Å². The molecule has 0 amide bonds. The standard InChI is InChI=1S/C11H14FN5/c1-7(2)6-17-11(14-15-16-17)9-5-8(12)3-4-10(9)13/h3-5,7H,6,13H2,1-2H3. The van der Waals surface area contributed by atoms with Gasteiger partial charge in [-0.25, -0.2) is 9.07 Å². The molecule has 0 aliphatic rings. The van der Waals surface area contributed by atoms with Gasteiger partial charge in [0.05, 0.1) is 0 Å². The first-order valence-corrected chi connectivity index (χ1v) is 5.39. The van der Waals surface area contributed by atoms with Crippen molar-refractivity contribution >= 4 is 5.69 Å². The lowest BCUT2D eigenvalue weighted by Crippen LogP contribution is -2.09. The zero-order chi connectivity index (χ0) is 12.4. The fraction of sp³-hybridized carbons (Fsp3) is 0.364. The second-order valence-electron chi connectivity index (χ2n) is 4.31. The molecule has 0 aliphatic carbocycles. The van der Waals surface area contributed by atoms with Gasteiger partial charge in [0.1, 0.15) is 5.82 Å². The van der Waals surface area contributed by atoms with Crippen molar-refractivity contribution in [3.8, 4) is 11.4 Å². The maximum absolute atomic E-state index is 13.2. The maximum Gasteiger partial charge on any atom is 0.184 e. The molecule has 0 saturated carbocycles. The van der Waals surface area contributed by atoms with Gasteiger partial charge in [0.15, 0.2) is 5.82 Å². The van der Waals surface area contributed by atoms with Crippen molar-refractivity contribution in [1.82, 2.24) is 20.2 Å². The largest absolute Gasteiger partial charge is 0.398 e. The minimum absolute atomic E-state index is 0.353. The van der Waals surface area contributed by atoms with Gasteiger partial charge in [0.2, 0.25) is 0 Å². The van der Waals surface area contributed by atoms with E-state index in [2.05, 4.69) is 29.4 Å². The first-order valence-electron chi connectivity index (χ1n) is 5.39. The Morgan fingerprint density at radius 1 is 1.41 bits per heavy atom. The molecule has 0 bridgehead atoms. The molecule has 0 fully saturated rings. The molecule has 0 aliphatic heterocycles. The van der Waals surface area contributed by atoms with Crippen molar-refractivity contribution in [3.05, 3.63) is 24.0 Å². The van der Waals surface area contributed by atoms with Crippen LogP contribution in [-0.2, 0) is 6.54 Å². The van der Waals surface area contributed by atoms with Crippen LogP contribution in [0.5, 0.6) is 0 Å². The molecule has 90 valence electrons. The smallest absolute Gasteiger partial charge is 0.184 e. The third kappa shape index (κ3) is 2.41. The Morgan fingerprint density at radius 2 is 2.18 bits per heavy atom. The summed E-state index contributed by atoms with van der Waals surface area (Å²) in [6.07, 6.45) is 0. The van der Waals surface area contributed by atoms with Crippen molar-refractivity contribution < 1.29 is 4.39 Å². The van der Waals surface area contributed by atoms with E-state index < -0.39 is 0 Å². The third-order valence-electron chi connectivity index (χ3n) is 2.33. The Labute approximate surface area is 98.4 Å². The van der Waals surface area contributed by atoms with E-state index in [1.165, 1.54) is 18.2 Å². The molecule has 6 heteroatoms. The van der Waals surface area contributed by atoms with Crippen LogP contribution in [-0.4, -0.2) is 20.2 Å². The van der Waals surface area contributed by atoms with Crippen LogP contribution in [0.4, 0.5) is 10.1 Å². The van der Waals surface area contributed by atoms with Crippen LogP contribution in [0.25, 0.3) is 11.4 Å². The monoisotopic (exact) mass is 235 g/mol. The Bertz CT molecular complexity index is 520. The number of anilines is 1. The topological polar surface area (TPSA) is 69.6 Å². The molecule has 0 atom stereocenters. The molecular weight excluding hydrogens is 221 g/mol. The lowest BCUT2D eigenvalue weighted by molar-refractivity contribution is 0.475. The van der Waals surface area contributed by atoms with E-state index >= 15 is 0 Å². The number of nitrogen functional groups attached to an aromatic ring is 1.